The molecule has 1 aromatic heterocycles. The summed E-state index contributed by atoms with van der Waals surface area (Å²) in [4.78, 5) is 0. The van der Waals surface area contributed by atoms with Crippen LogP contribution in [0.15, 0.2) is 18.2 Å². The molecule has 0 atom stereocenters. The van der Waals surface area contributed by atoms with Crippen LogP contribution in [0.2, 0.25) is 0 Å². The maximum atomic E-state index is 13.7. The summed E-state index contributed by atoms with van der Waals surface area (Å²) in [5.41, 5.74) is 1.93. The van der Waals surface area contributed by atoms with Gasteiger partial charge in [-0.15, -0.1) is 5.10 Å². The van der Waals surface area contributed by atoms with Crippen molar-refractivity contribution < 1.29 is 8.78 Å². The third-order valence-corrected chi connectivity index (χ3v) is 3.14. The van der Waals surface area contributed by atoms with Crippen LogP contribution in [0.3, 0.4) is 0 Å². The summed E-state index contributed by atoms with van der Waals surface area (Å²) in [5.74, 6) is -1.24. The van der Waals surface area contributed by atoms with Gasteiger partial charge in [0.15, 0.2) is 5.82 Å². The fourth-order valence-electron chi connectivity index (χ4n) is 2.10. The smallest absolute Gasteiger partial charge is 0.171 e. The Morgan fingerprint density at radius 2 is 1.95 bits per heavy atom. The molecule has 2 aromatic rings. The van der Waals surface area contributed by atoms with Crippen molar-refractivity contribution in [1.82, 2.24) is 10.2 Å². The molecule has 1 heterocycles. The lowest BCUT2D eigenvalue weighted by Gasteiger charge is -2.12. The molecule has 0 aliphatic heterocycles. The van der Waals surface area contributed by atoms with Gasteiger partial charge in [-0.3, -0.25) is 0 Å². The van der Waals surface area contributed by atoms with Gasteiger partial charge in [-0.2, -0.15) is 10.4 Å². The minimum atomic E-state index is -0.752. The highest BCUT2D eigenvalue weighted by Crippen LogP contribution is 2.25. The van der Waals surface area contributed by atoms with Gasteiger partial charge < -0.3 is 5.32 Å². The molecular formula is C15H14F2N4. The van der Waals surface area contributed by atoms with Crippen LogP contribution in [0.4, 0.5) is 20.3 Å². The van der Waals surface area contributed by atoms with Crippen LogP contribution in [0.25, 0.3) is 0 Å². The van der Waals surface area contributed by atoms with Crippen LogP contribution in [-0.4, -0.2) is 10.2 Å². The second kappa shape index (κ2) is 6.27. The van der Waals surface area contributed by atoms with Gasteiger partial charge in [-0.1, -0.05) is 13.8 Å². The fourth-order valence-corrected chi connectivity index (χ4v) is 2.10. The first-order valence-corrected chi connectivity index (χ1v) is 6.61. The van der Waals surface area contributed by atoms with E-state index in [1.165, 1.54) is 6.07 Å². The van der Waals surface area contributed by atoms with Gasteiger partial charge in [0.05, 0.1) is 11.4 Å². The zero-order valence-electron chi connectivity index (χ0n) is 11.7. The van der Waals surface area contributed by atoms with Crippen LogP contribution in [0.1, 0.15) is 30.7 Å². The third-order valence-electron chi connectivity index (χ3n) is 3.14. The minimum Gasteiger partial charge on any atom is -0.335 e. The molecule has 0 radical (unpaired) electrons. The first kappa shape index (κ1) is 14.9. The van der Waals surface area contributed by atoms with E-state index in [9.17, 15) is 14.0 Å². The van der Waals surface area contributed by atoms with Gasteiger partial charge in [0, 0.05) is 6.07 Å². The molecule has 0 bridgehead atoms. The Kier molecular flexibility index (Phi) is 4.43. The van der Waals surface area contributed by atoms with E-state index in [4.69, 9.17) is 0 Å². The number of aromatic nitrogens is 2. The molecule has 0 amide bonds. The largest absolute Gasteiger partial charge is 0.335 e. The molecule has 2 rings (SSSR count). The molecule has 1 aromatic carbocycles. The number of rotatable bonds is 4. The highest BCUT2D eigenvalue weighted by atomic mass is 19.1. The molecule has 6 heteroatoms. The molecule has 0 saturated carbocycles. The van der Waals surface area contributed by atoms with Crippen molar-refractivity contribution in [3.8, 4) is 6.07 Å². The van der Waals surface area contributed by atoms with E-state index < -0.39 is 11.6 Å². The van der Waals surface area contributed by atoms with E-state index in [1.54, 1.807) is 0 Å². The summed E-state index contributed by atoms with van der Waals surface area (Å²) >= 11 is 0. The van der Waals surface area contributed by atoms with Crippen molar-refractivity contribution in [3.63, 3.8) is 0 Å². The van der Waals surface area contributed by atoms with E-state index in [2.05, 4.69) is 21.6 Å². The fraction of sp³-hybridized carbons (Fsp3) is 0.267. The van der Waals surface area contributed by atoms with E-state index in [0.29, 0.717) is 18.4 Å². The summed E-state index contributed by atoms with van der Waals surface area (Å²) in [5, 5.41) is 20.0. The van der Waals surface area contributed by atoms with E-state index >= 15 is 0 Å². The van der Waals surface area contributed by atoms with Crippen LogP contribution in [0, 0.1) is 23.0 Å². The van der Waals surface area contributed by atoms with Crippen molar-refractivity contribution in [2.45, 2.75) is 26.7 Å². The molecule has 0 saturated heterocycles. The Hall–Kier alpha value is -2.55. The molecule has 4 nitrogen and oxygen atoms in total. The number of nitrogens with zero attached hydrogens (tertiary/aromatic N) is 3. The number of halogens is 2. The Morgan fingerprint density at radius 1 is 1.19 bits per heavy atom. The molecule has 0 fully saturated rings. The molecule has 0 aliphatic rings. The predicted octanol–water partition coefficient (Wildman–Crippen LogP) is 3.49. The van der Waals surface area contributed by atoms with Gasteiger partial charge in [0.2, 0.25) is 0 Å². The summed E-state index contributed by atoms with van der Waals surface area (Å²) < 4.78 is 26.6. The predicted molar refractivity (Wildman–Crippen MR) is 75.1 cm³/mol. The molecule has 108 valence electrons. The van der Waals surface area contributed by atoms with Crippen LogP contribution < -0.4 is 5.32 Å². The second-order valence-electron chi connectivity index (χ2n) is 4.42. The molecule has 0 spiro atoms. The lowest BCUT2D eigenvalue weighted by Crippen LogP contribution is -2.08. The number of nitrogens with one attached hydrogen (secondary N) is 1. The van der Waals surface area contributed by atoms with Gasteiger partial charge in [-0.25, -0.2) is 8.78 Å². The Bertz CT molecular complexity index is 708. The van der Waals surface area contributed by atoms with Crippen molar-refractivity contribution >= 4 is 11.5 Å². The number of anilines is 2. The third kappa shape index (κ3) is 2.97. The Morgan fingerprint density at radius 3 is 2.52 bits per heavy atom. The second-order valence-corrected chi connectivity index (χ2v) is 4.42. The van der Waals surface area contributed by atoms with Crippen LogP contribution >= 0.6 is 0 Å². The minimum absolute atomic E-state index is 0.0495. The lowest BCUT2D eigenvalue weighted by molar-refractivity contribution is 0.586. The topological polar surface area (TPSA) is 61.6 Å². The van der Waals surface area contributed by atoms with Gasteiger partial charge >= 0.3 is 0 Å². The van der Waals surface area contributed by atoms with Gasteiger partial charge in [0.1, 0.15) is 23.3 Å². The lowest BCUT2D eigenvalue weighted by atomic mass is 10.0. The van der Waals surface area contributed by atoms with E-state index in [1.807, 2.05) is 13.8 Å². The number of nitriles is 1. The summed E-state index contributed by atoms with van der Waals surface area (Å²) in [6.07, 6.45) is 1.29. The van der Waals surface area contributed by atoms with Gasteiger partial charge in [0.25, 0.3) is 0 Å². The average Bonchev–Trinajstić information content (AvgIpc) is 2.49. The van der Waals surface area contributed by atoms with Crippen molar-refractivity contribution in [1.29, 1.82) is 5.26 Å². The number of aryl methyl sites for hydroxylation is 1. The maximum absolute atomic E-state index is 13.7. The summed E-state index contributed by atoms with van der Waals surface area (Å²) in [6, 6.07) is 5.23. The van der Waals surface area contributed by atoms with E-state index in [0.717, 1.165) is 23.4 Å². The van der Waals surface area contributed by atoms with Gasteiger partial charge in [-0.05, 0) is 30.5 Å². The zero-order chi connectivity index (χ0) is 15.4. The van der Waals surface area contributed by atoms with Crippen LogP contribution in [-0.2, 0) is 12.8 Å². The molecule has 0 unspecified atom stereocenters. The first-order valence-electron chi connectivity index (χ1n) is 6.61. The highest BCUT2D eigenvalue weighted by molar-refractivity contribution is 5.65. The number of benzene rings is 1. The van der Waals surface area contributed by atoms with Crippen molar-refractivity contribution in [2.75, 3.05) is 5.32 Å². The maximum Gasteiger partial charge on any atom is 0.171 e. The molecule has 21 heavy (non-hydrogen) atoms. The summed E-state index contributed by atoms with van der Waals surface area (Å²) in [6.45, 7) is 3.84. The number of hydrogen-bond donors (Lipinski definition) is 1. The standard InChI is InChI=1S/C15H14F2N4/c1-3-10-11(8-18)15(21-20-13(10)4-2)19-14-6-5-9(16)7-12(14)17/h5-7H,3-4H2,1-2H3,(H,19,21). The SMILES string of the molecule is CCc1nnc(Nc2ccc(F)cc2F)c(C#N)c1CC. The molecule has 0 aliphatic carbocycles. The van der Waals surface area contributed by atoms with E-state index in [-0.39, 0.29) is 11.5 Å². The average molecular weight is 288 g/mol. The monoisotopic (exact) mass is 288 g/mol. The summed E-state index contributed by atoms with van der Waals surface area (Å²) in [7, 11) is 0. The highest BCUT2D eigenvalue weighted by Gasteiger charge is 2.15. The Balaban J connectivity index is 2.47. The first-order chi connectivity index (χ1) is 10.1. The van der Waals surface area contributed by atoms with Crippen molar-refractivity contribution in [2.24, 2.45) is 0 Å². The zero-order valence-corrected chi connectivity index (χ0v) is 11.7. The normalized spacial score (nSPS) is 10.2. The van der Waals surface area contributed by atoms with Crippen LogP contribution in [0.5, 0.6) is 0 Å². The Labute approximate surface area is 121 Å². The molecule has 1 N–H and O–H groups in total. The molecular weight excluding hydrogens is 274 g/mol. The van der Waals surface area contributed by atoms with Crippen molar-refractivity contribution in [3.05, 3.63) is 46.7 Å². The number of hydrogen-bond acceptors (Lipinski definition) is 4. The quantitative estimate of drug-likeness (QED) is 0.935.